The minimum Gasteiger partial charge on any atom is -0.466 e. The van der Waals surface area contributed by atoms with Crippen molar-refractivity contribution >= 4 is 28.5 Å². The average molecular weight is 507 g/mol. The van der Waals surface area contributed by atoms with E-state index in [1.807, 2.05) is 25.3 Å². The molecule has 0 spiro atoms. The lowest BCUT2D eigenvalue weighted by molar-refractivity contribution is -0.143. The van der Waals surface area contributed by atoms with Gasteiger partial charge in [-0.15, -0.1) is 0 Å². The van der Waals surface area contributed by atoms with Crippen LogP contribution in [0.25, 0.3) is 22.3 Å². The van der Waals surface area contributed by atoms with Crippen LogP contribution in [0.4, 0.5) is 0 Å². The number of H-pyrrole nitrogens is 1. The van der Waals surface area contributed by atoms with E-state index in [4.69, 9.17) is 21.3 Å². The first-order valence-corrected chi connectivity index (χ1v) is 13.1. The molecule has 0 unspecified atom stereocenters. The summed E-state index contributed by atoms with van der Waals surface area (Å²) in [7, 11) is 0. The molecular weight excluding hydrogens is 472 g/mol. The molecule has 2 heterocycles. The molecule has 36 heavy (non-hydrogen) atoms. The molecule has 0 radical (unpaired) electrons. The molecule has 2 aromatic heterocycles. The maximum absolute atomic E-state index is 12.2. The van der Waals surface area contributed by atoms with Crippen molar-refractivity contribution in [2.45, 2.75) is 59.7 Å². The second-order valence-corrected chi connectivity index (χ2v) is 9.52. The summed E-state index contributed by atoms with van der Waals surface area (Å²) in [5, 5.41) is 1.69. The first-order chi connectivity index (χ1) is 17.5. The van der Waals surface area contributed by atoms with Crippen LogP contribution in [0.15, 0.2) is 54.7 Å². The van der Waals surface area contributed by atoms with Gasteiger partial charge in [-0.25, -0.2) is 4.98 Å². The standard InChI is InChI=1S/C29H35ClN4O2/c1-4-6-16-34-26(28(30)32-29(34)24-10-8-7-9-21(24)3)20-33(17-14-27(35)36-5-2)19-22-11-12-25-23(18-22)13-15-31-25/h7-13,15,18,31H,4-6,14,16-17,19-20H2,1-3H3. The Labute approximate surface area is 218 Å². The fourth-order valence-corrected chi connectivity index (χ4v) is 4.80. The maximum atomic E-state index is 12.2. The second kappa shape index (κ2) is 12.2. The molecule has 0 atom stereocenters. The van der Waals surface area contributed by atoms with E-state index in [2.05, 4.69) is 64.7 Å². The molecule has 0 bridgehead atoms. The van der Waals surface area contributed by atoms with Crippen LogP contribution in [0.3, 0.4) is 0 Å². The number of carbonyl (C=O) groups is 1. The number of ether oxygens (including phenoxy) is 1. The number of rotatable bonds is 12. The average Bonchev–Trinajstić information content (AvgIpc) is 3.45. The third-order valence-corrected chi connectivity index (χ3v) is 6.78. The highest BCUT2D eigenvalue weighted by Gasteiger charge is 2.21. The number of fused-ring (bicyclic) bond motifs is 1. The lowest BCUT2D eigenvalue weighted by Gasteiger charge is -2.23. The van der Waals surface area contributed by atoms with Crippen LogP contribution in [0.2, 0.25) is 5.15 Å². The molecule has 0 saturated heterocycles. The lowest BCUT2D eigenvalue weighted by atomic mass is 10.1. The van der Waals surface area contributed by atoms with Gasteiger partial charge in [0.2, 0.25) is 0 Å². The molecule has 6 nitrogen and oxygen atoms in total. The molecule has 7 heteroatoms. The topological polar surface area (TPSA) is 63.1 Å². The van der Waals surface area contributed by atoms with Gasteiger partial charge in [0.15, 0.2) is 5.15 Å². The van der Waals surface area contributed by atoms with Crippen LogP contribution in [0.1, 0.15) is 49.9 Å². The molecular formula is C29H35ClN4O2. The Morgan fingerprint density at radius 1 is 1.14 bits per heavy atom. The first-order valence-electron chi connectivity index (χ1n) is 12.7. The number of unbranched alkanes of at least 4 members (excludes halogenated alkanes) is 1. The number of halogens is 1. The Hall–Kier alpha value is -3.09. The molecule has 2 aromatic carbocycles. The number of aryl methyl sites for hydroxylation is 1. The molecule has 0 fully saturated rings. The van der Waals surface area contributed by atoms with Gasteiger partial charge in [0.1, 0.15) is 5.82 Å². The fraction of sp³-hybridized carbons (Fsp3) is 0.379. The summed E-state index contributed by atoms with van der Waals surface area (Å²) in [6, 6.07) is 16.8. The van der Waals surface area contributed by atoms with Crippen LogP contribution >= 0.6 is 11.6 Å². The number of aromatic amines is 1. The number of nitrogens with one attached hydrogen (secondary N) is 1. The van der Waals surface area contributed by atoms with Gasteiger partial charge in [0, 0.05) is 43.5 Å². The predicted octanol–water partition coefficient (Wildman–Crippen LogP) is 6.75. The SMILES string of the molecule is CCCCn1c(-c2ccccc2C)nc(Cl)c1CN(CCC(=O)OCC)Cc1ccc2[nH]ccc2c1. The minimum atomic E-state index is -0.185. The van der Waals surface area contributed by atoms with Gasteiger partial charge in [-0.2, -0.15) is 0 Å². The number of esters is 1. The number of carbonyl (C=O) groups excluding carboxylic acids is 1. The van der Waals surface area contributed by atoms with Crippen molar-refractivity contribution in [2.24, 2.45) is 0 Å². The van der Waals surface area contributed by atoms with E-state index in [0.29, 0.717) is 37.8 Å². The molecule has 0 aliphatic rings. The zero-order valence-corrected chi connectivity index (χ0v) is 22.1. The fourth-order valence-electron chi connectivity index (χ4n) is 4.56. The summed E-state index contributed by atoms with van der Waals surface area (Å²) < 4.78 is 7.47. The zero-order valence-electron chi connectivity index (χ0n) is 21.4. The molecule has 0 aliphatic heterocycles. The van der Waals surface area contributed by atoms with E-state index in [1.165, 1.54) is 16.5 Å². The largest absolute Gasteiger partial charge is 0.466 e. The van der Waals surface area contributed by atoms with Crippen LogP contribution in [-0.2, 0) is 29.2 Å². The van der Waals surface area contributed by atoms with Gasteiger partial charge in [0.05, 0.1) is 18.7 Å². The summed E-state index contributed by atoms with van der Waals surface area (Å²) in [6.45, 7) is 9.20. The number of nitrogens with zero attached hydrogens (tertiary/aromatic N) is 3. The van der Waals surface area contributed by atoms with Crippen molar-refractivity contribution in [1.82, 2.24) is 19.4 Å². The molecule has 190 valence electrons. The summed E-state index contributed by atoms with van der Waals surface area (Å²) in [6.07, 6.45) is 4.38. The van der Waals surface area contributed by atoms with E-state index in [9.17, 15) is 4.79 Å². The van der Waals surface area contributed by atoms with E-state index >= 15 is 0 Å². The highest BCUT2D eigenvalue weighted by Crippen LogP contribution is 2.30. The Morgan fingerprint density at radius 2 is 1.97 bits per heavy atom. The molecule has 1 N–H and O–H groups in total. The van der Waals surface area contributed by atoms with E-state index in [0.717, 1.165) is 42.0 Å². The summed E-state index contributed by atoms with van der Waals surface area (Å²) in [5.41, 5.74) is 5.54. The molecule has 4 aromatic rings. The van der Waals surface area contributed by atoms with Crippen molar-refractivity contribution in [1.29, 1.82) is 0 Å². The Balaban J connectivity index is 1.66. The molecule has 4 rings (SSSR count). The van der Waals surface area contributed by atoms with Crippen LogP contribution in [0, 0.1) is 6.92 Å². The van der Waals surface area contributed by atoms with Crippen molar-refractivity contribution < 1.29 is 9.53 Å². The monoisotopic (exact) mass is 506 g/mol. The minimum absolute atomic E-state index is 0.185. The quantitative estimate of drug-likeness (QED) is 0.216. The van der Waals surface area contributed by atoms with E-state index < -0.39 is 0 Å². The Morgan fingerprint density at radius 3 is 2.75 bits per heavy atom. The van der Waals surface area contributed by atoms with E-state index in [-0.39, 0.29) is 5.97 Å². The smallest absolute Gasteiger partial charge is 0.307 e. The highest BCUT2D eigenvalue weighted by atomic mass is 35.5. The maximum Gasteiger partial charge on any atom is 0.307 e. The van der Waals surface area contributed by atoms with Crippen molar-refractivity contribution in [3.05, 3.63) is 76.7 Å². The number of hydrogen-bond donors (Lipinski definition) is 1. The predicted molar refractivity (Wildman–Crippen MR) is 146 cm³/mol. The van der Waals surface area contributed by atoms with Crippen molar-refractivity contribution in [2.75, 3.05) is 13.2 Å². The normalized spacial score (nSPS) is 11.5. The van der Waals surface area contributed by atoms with Gasteiger partial charge < -0.3 is 14.3 Å². The third kappa shape index (κ3) is 6.18. The molecule has 0 saturated carbocycles. The van der Waals surface area contributed by atoms with Crippen molar-refractivity contribution in [3.8, 4) is 11.4 Å². The van der Waals surface area contributed by atoms with Gasteiger partial charge in [-0.05, 0) is 55.0 Å². The third-order valence-electron chi connectivity index (χ3n) is 6.48. The number of aromatic nitrogens is 3. The van der Waals surface area contributed by atoms with Crippen LogP contribution in [-0.4, -0.2) is 38.6 Å². The summed E-state index contributed by atoms with van der Waals surface area (Å²) in [4.78, 5) is 22.5. The Kier molecular flexibility index (Phi) is 8.83. The van der Waals surface area contributed by atoms with Crippen LogP contribution in [0.5, 0.6) is 0 Å². The van der Waals surface area contributed by atoms with Crippen molar-refractivity contribution in [3.63, 3.8) is 0 Å². The second-order valence-electron chi connectivity index (χ2n) is 9.16. The molecule has 0 amide bonds. The van der Waals surface area contributed by atoms with E-state index in [1.54, 1.807) is 0 Å². The number of imidazole rings is 1. The number of benzene rings is 2. The summed E-state index contributed by atoms with van der Waals surface area (Å²) in [5.74, 6) is 0.718. The van der Waals surface area contributed by atoms with Gasteiger partial charge in [-0.1, -0.05) is 55.3 Å². The first kappa shape index (κ1) is 26.0. The zero-order chi connectivity index (χ0) is 25.5. The highest BCUT2D eigenvalue weighted by molar-refractivity contribution is 6.30. The molecule has 0 aliphatic carbocycles. The lowest BCUT2D eigenvalue weighted by Crippen LogP contribution is -2.27. The Bertz CT molecular complexity index is 1310. The van der Waals surface area contributed by atoms with Gasteiger partial charge in [-0.3, -0.25) is 9.69 Å². The van der Waals surface area contributed by atoms with Gasteiger partial charge in [0.25, 0.3) is 0 Å². The number of hydrogen-bond acceptors (Lipinski definition) is 4. The van der Waals surface area contributed by atoms with Gasteiger partial charge >= 0.3 is 5.97 Å². The van der Waals surface area contributed by atoms with Crippen LogP contribution < -0.4 is 0 Å². The summed E-state index contributed by atoms with van der Waals surface area (Å²) >= 11 is 6.80.